The fourth-order valence-corrected chi connectivity index (χ4v) is 5.49. The summed E-state index contributed by atoms with van der Waals surface area (Å²) in [7, 11) is 0. The van der Waals surface area contributed by atoms with Crippen LogP contribution in [0.1, 0.15) is 11.1 Å². The number of hydrogen-bond donors (Lipinski definition) is 0. The Morgan fingerprint density at radius 1 is 0.694 bits per heavy atom. The molecular formula is C31H29N3O2. The third kappa shape index (κ3) is 4.38. The van der Waals surface area contributed by atoms with E-state index in [1.165, 1.54) is 16.3 Å². The molecule has 2 fully saturated rings. The lowest BCUT2D eigenvalue weighted by atomic mass is 10.0. The minimum Gasteiger partial charge on any atom is -0.327 e. The van der Waals surface area contributed by atoms with E-state index in [9.17, 15) is 9.59 Å². The molecule has 36 heavy (non-hydrogen) atoms. The van der Waals surface area contributed by atoms with Crippen LogP contribution in [0.4, 0.5) is 0 Å². The van der Waals surface area contributed by atoms with Crippen molar-refractivity contribution in [3.05, 3.63) is 108 Å². The van der Waals surface area contributed by atoms with Crippen molar-refractivity contribution in [1.29, 1.82) is 0 Å². The molecule has 2 heterocycles. The molecule has 5 heteroatoms. The molecule has 0 saturated carbocycles. The van der Waals surface area contributed by atoms with Crippen LogP contribution in [0, 0.1) is 0 Å². The first-order valence-corrected chi connectivity index (χ1v) is 12.6. The standard InChI is InChI=1S/C31H29N3O2/c35-30-22-33(19-23-13-15-25(16-14-23)24-7-2-1-3-8-24)31(36)29-21-32(17-18-34(29)30)20-27-11-6-10-26-9-4-5-12-28(26)27/h1-16,29H,17-22H2. The largest absolute Gasteiger partial charge is 0.327 e. The minimum absolute atomic E-state index is 0.0457. The van der Waals surface area contributed by atoms with E-state index in [-0.39, 0.29) is 18.4 Å². The van der Waals surface area contributed by atoms with Gasteiger partial charge in [0.05, 0.1) is 0 Å². The van der Waals surface area contributed by atoms with Gasteiger partial charge in [0, 0.05) is 32.7 Å². The van der Waals surface area contributed by atoms with Crippen molar-refractivity contribution in [2.24, 2.45) is 0 Å². The molecule has 4 aromatic rings. The third-order valence-corrected chi connectivity index (χ3v) is 7.42. The van der Waals surface area contributed by atoms with E-state index < -0.39 is 6.04 Å². The molecule has 4 aromatic carbocycles. The average Bonchev–Trinajstić information content (AvgIpc) is 2.93. The first-order valence-electron chi connectivity index (χ1n) is 12.6. The summed E-state index contributed by atoms with van der Waals surface area (Å²) in [6, 6.07) is 32.9. The van der Waals surface area contributed by atoms with Gasteiger partial charge in [0.25, 0.3) is 0 Å². The lowest BCUT2D eigenvalue weighted by Crippen LogP contribution is -2.66. The summed E-state index contributed by atoms with van der Waals surface area (Å²) in [6.45, 7) is 3.32. The molecule has 0 aliphatic carbocycles. The Balaban J connectivity index is 1.16. The Morgan fingerprint density at radius 2 is 1.42 bits per heavy atom. The summed E-state index contributed by atoms with van der Waals surface area (Å²) in [5.41, 5.74) is 4.60. The van der Waals surface area contributed by atoms with Crippen LogP contribution in [0.15, 0.2) is 97.1 Å². The predicted octanol–water partition coefficient (Wildman–Crippen LogP) is 4.56. The van der Waals surface area contributed by atoms with Crippen LogP contribution in [0.25, 0.3) is 21.9 Å². The quantitative estimate of drug-likeness (QED) is 0.425. The molecule has 1 atom stereocenters. The van der Waals surface area contributed by atoms with Crippen LogP contribution in [-0.2, 0) is 22.7 Å². The summed E-state index contributed by atoms with van der Waals surface area (Å²) >= 11 is 0. The van der Waals surface area contributed by atoms with Crippen molar-refractivity contribution in [2.75, 3.05) is 26.2 Å². The second kappa shape index (κ2) is 9.59. The molecule has 5 nitrogen and oxygen atoms in total. The van der Waals surface area contributed by atoms with Gasteiger partial charge >= 0.3 is 0 Å². The molecule has 6 rings (SSSR count). The van der Waals surface area contributed by atoms with Gasteiger partial charge in [0.2, 0.25) is 11.8 Å². The monoisotopic (exact) mass is 475 g/mol. The SMILES string of the molecule is O=C1C2CN(Cc3cccc4ccccc34)CCN2C(=O)CN1Cc1ccc(-c2ccccc2)cc1. The molecule has 0 N–H and O–H groups in total. The van der Waals surface area contributed by atoms with Gasteiger partial charge in [-0.1, -0.05) is 97.1 Å². The van der Waals surface area contributed by atoms with E-state index in [0.29, 0.717) is 19.6 Å². The summed E-state index contributed by atoms with van der Waals surface area (Å²) < 4.78 is 0. The molecule has 2 amide bonds. The van der Waals surface area contributed by atoms with Crippen LogP contribution in [-0.4, -0.2) is 58.7 Å². The van der Waals surface area contributed by atoms with Gasteiger partial charge in [-0.3, -0.25) is 14.5 Å². The molecule has 0 bridgehead atoms. The summed E-state index contributed by atoms with van der Waals surface area (Å²) in [4.78, 5) is 32.3. The van der Waals surface area contributed by atoms with Crippen molar-refractivity contribution in [3.8, 4) is 11.1 Å². The predicted molar refractivity (Wildman–Crippen MR) is 142 cm³/mol. The van der Waals surface area contributed by atoms with E-state index in [2.05, 4.69) is 83.8 Å². The number of fused-ring (bicyclic) bond motifs is 2. The highest BCUT2D eigenvalue weighted by Crippen LogP contribution is 2.25. The number of amides is 2. The highest BCUT2D eigenvalue weighted by atomic mass is 16.2. The van der Waals surface area contributed by atoms with Gasteiger partial charge in [0.1, 0.15) is 12.6 Å². The zero-order valence-electron chi connectivity index (χ0n) is 20.2. The Hall–Kier alpha value is -3.96. The van der Waals surface area contributed by atoms with E-state index in [1.54, 1.807) is 9.80 Å². The van der Waals surface area contributed by atoms with Crippen LogP contribution in [0.5, 0.6) is 0 Å². The van der Waals surface area contributed by atoms with Crippen molar-refractivity contribution in [3.63, 3.8) is 0 Å². The van der Waals surface area contributed by atoms with Crippen molar-refractivity contribution < 1.29 is 9.59 Å². The highest BCUT2D eigenvalue weighted by molar-refractivity contribution is 5.95. The molecule has 0 aromatic heterocycles. The molecule has 2 aliphatic rings. The molecule has 0 spiro atoms. The van der Waals surface area contributed by atoms with E-state index in [4.69, 9.17) is 0 Å². The normalized spacial score (nSPS) is 18.5. The van der Waals surface area contributed by atoms with E-state index in [0.717, 1.165) is 29.8 Å². The Morgan fingerprint density at radius 3 is 2.25 bits per heavy atom. The van der Waals surface area contributed by atoms with Gasteiger partial charge in [0.15, 0.2) is 0 Å². The Labute approximate surface area is 211 Å². The van der Waals surface area contributed by atoms with Crippen LogP contribution in [0.3, 0.4) is 0 Å². The van der Waals surface area contributed by atoms with Gasteiger partial charge in [-0.2, -0.15) is 0 Å². The van der Waals surface area contributed by atoms with Gasteiger partial charge in [-0.25, -0.2) is 0 Å². The highest BCUT2D eigenvalue weighted by Gasteiger charge is 2.42. The minimum atomic E-state index is -0.418. The molecular weight excluding hydrogens is 446 g/mol. The van der Waals surface area contributed by atoms with Crippen molar-refractivity contribution in [1.82, 2.24) is 14.7 Å². The average molecular weight is 476 g/mol. The molecule has 180 valence electrons. The zero-order chi connectivity index (χ0) is 24.5. The zero-order valence-corrected chi connectivity index (χ0v) is 20.2. The molecule has 1 unspecified atom stereocenters. The first-order chi connectivity index (χ1) is 17.7. The summed E-state index contributed by atoms with van der Waals surface area (Å²) in [5.74, 6) is 0.0923. The maximum absolute atomic E-state index is 13.5. The van der Waals surface area contributed by atoms with Crippen LogP contribution < -0.4 is 0 Å². The topological polar surface area (TPSA) is 43.9 Å². The van der Waals surface area contributed by atoms with Crippen molar-refractivity contribution in [2.45, 2.75) is 19.1 Å². The van der Waals surface area contributed by atoms with Crippen LogP contribution >= 0.6 is 0 Å². The lowest BCUT2D eigenvalue weighted by molar-refractivity contribution is -0.160. The Bertz CT molecular complexity index is 1400. The number of carbonyl (C=O) groups excluding carboxylic acids is 2. The van der Waals surface area contributed by atoms with E-state index in [1.807, 2.05) is 18.2 Å². The van der Waals surface area contributed by atoms with E-state index >= 15 is 0 Å². The summed E-state index contributed by atoms with van der Waals surface area (Å²) in [5, 5.41) is 2.47. The summed E-state index contributed by atoms with van der Waals surface area (Å²) in [6.07, 6.45) is 0. The molecule has 2 saturated heterocycles. The second-order valence-corrected chi connectivity index (χ2v) is 9.73. The number of piperazine rings is 2. The fourth-order valence-electron chi connectivity index (χ4n) is 5.49. The second-order valence-electron chi connectivity index (χ2n) is 9.73. The lowest BCUT2D eigenvalue weighted by Gasteiger charge is -2.46. The fraction of sp³-hybridized carbons (Fsp3) is 0.226. The number of nitrogens with zero attached hydrogens (tertiary/aromatic N) is 3. The Kier molecular flexibility index (Phi) is 5.99. The number of hydrogen-bond acceptors (Lipinski definition) is 3. The maximum atomic E-state index is 13.5. The third-order valence-electron chi connectivity index (χ3n) is 7.42. The number of carbonyl (C=O) groups is 2. The van der Waals surface area contributed by atoms with Gasteiger partial charge in [-0.05, 0) is 33.0 Å². The number of rotatable bonds is 5. The van der Waals surface area contributed by atoms with Gasteiger partial charge in [-0.15, -0.1) is 0 Å². The van der Waals surface area contributed by atoms with Gasteiger partial charge < -0.3 is 9.80 Å². The smallest absolute Gasteiger partial charge is 0.247 e. The molecule has 0 radical (unpaired) electrons. The van der Waals surface area contributed by atoms with Crippen molar-refractivity contribution >= 4 is 22.6 Å². The number of benzene rings is 4. The van der Waals surface area contributed by atoms with Crippen LogP contribution in [0.2, 0.25) is 0 Å². The first kappa shape index (κ1) is 22.5. The molecule has 2 aliphatic heterocycles. The maximum Gasteiger partial charge on any atom is 0.247 e.